The summed E-state index contributed by atoms with van der Waals surface area (Å²) in [6.07, 6.45) is 1.55. The van der Waals surface area contributed by atoms with E-state index >= 15 is 0 Å². The highest BCUT2D eigenvalue weighted by Gasteiger charge is 2.35. The van der Waals surface area contributed by atoms with Crippen molar-refractivity contribution in [1.29, 1.82) is 0 Å². The van der Waals surface area contributed by atoms with Crippen LogP contribution in [-0.4, -0.2) is 37.0 Å². The zero-order valence-corrected chi connectivity index (χ0v) is 11.7. The van der Waals surface area contributed by atoms with Gasteiger partial charge in [0.25, 0.3) is 10.0 Å². The number of halogens is 1. The molecule has 1 aromatic rings. The fourth-order valence-electron chi connectivity index (χ4n) is 1.86. The van der Waals surface area contributed by atoms with Crippen LogP contribution in [-0.2, 0) is 10.0 Å². The van der Waals surface area contributed by atoms with Gasteiger partial charge < -0.3 is 5.11 Å². The smallest absolute Gasteiger partial charge is 0.252 e. The number of aliphatic hydroxyl groups is 1. The lowest BCUT2D eigenvalue weighted by atomic mass is 10.2. The minimum atomic E-state index is -3.42. The zero-order chi connectivity index (χ0) is 11.8. The van der Waals surface area contributed by atoms with Gasteiger partial charge in [0.15, 0.2) is 0 Å². The van der Waals surface area contributed by atoms with Gasteiger partial charge in [-0.25, -0.2) is 8.42 Å². The van der Waals surface area contributed by atoms with Crippen molar-refractivity contribution < 1.29 is 13.5 Å². The van der Waals surface area contributed by atoms with Crippen molar-refractivity contribution in [1.82, 2.24) is 4.31 Å². The Labute approximate surface area is 107 Å². The first-order chi connectivity index (χ1) is 7.55. The molecule has 1 aromatic heterocycles. The molecular weight excluding hydrogens is 314 g/mol. The maximum absolute atomic E-state index is 12.2. The number of hydrogen-bond acceptors (Lipinski definition) is 4. The van der Waals surface area contributed by atoms with E-state index in [2.05, 4.69) is 15.9 Å². The molecule has 0 bridgehead atoms. The third-order valence-electron chi connectivity index (χ3n) is 2.65. The lowest BCUT2D eigenvalue weighted by molar-refractivity contribution is 0.213. The predicted molar refractivity (Wildman–Crippen MR) is 66.0 cm³/mol. The molecule has 7 heteroatoms. The van der Waals surface area contributed by atoms with Crippen LogP contribution >= 0.6 is 27.3 Å². The fraction of sp³-hybridized carbons (Fsp3) is 0.556. The van der Waals surface area contributed by atoms with E-state index in [-0.39, 0.29) is 12.6 Å². The van der Waals surface area contributed by atoms with Crippen LogP contribution in [0.5, 0.6) is 0 Å². The van der Waals surface area contributed by atoms with Gasteiger partial charge in [0.1, 0.15) is 4.21 Å². The summed E-state index contributed by atoms with van der Waals surface area (Å²) in [6.45, 7) is 0.398. The van der Waals surface area contributed by atoms with Gasteiger partial charge in [-0.2, -0.15) is 4.31 Å². The molecule has 2 rings (SSSR count). The summed E-state index contributed by atoms with van der Waals surface area (Å²) in [6, 6.07) is 3.06. The lowest BCUT2D eigenvalue weighted by Crippen LogP contribution is -2.37. The molecule has 90 valence electrons. The van der Waals surface area contributed by atoms with E-state index in [0.717, 1.165) is 16.6 Å². The molecule has 2 heterocycles. The number of hydrogen-bond donors (Lipinski definition) is 1. The number of rotatable bonds is 3. The van der Waals surface area contributed by atoms with Crippen molar-refractivity contribution in [3.63, 3.8) is 0 Å². The lowest BCUT2D eigenvalue weighted by Gasteiger charge is -2.21. The Bertz CT molecular complexity index is 471. The Hall–Kier alpha value is 0.0500. The predicted octanol–water partition coefficient (Wildman–Crippen LogP) is 1.66. The average Bonchev–Trinajstić information content (AvgIpc) is 2.85. The second-order valence-electron chi connectivity index (χ2n) is 3.65. The van der Waals surface area contributed by atoms with Crippen LogP contribution in [0.25, 0.3) is 0 Å². The average molecular weight is 326 g/mol. The van der Waals surface area contributed by atoms with Crippen LogP contribution in [0.2, 0.25) is 0 Å². The van der Waals surface area contributed by atoms with Crippen molar-refractivity contribution in [2.45, 2.75) is 23.1 Å². The summed E-state index contributed by atoms with van der Waals surface area (Å²) >= 11 is 4.45. The molecule has 0 spiro atoms. The van der Waals surface area contributed by atoms with Gasteiger partial charge in [-0.05, 0) is 40.9 Å². The van der Waals surface area contributed by atoms with Crippen LogP contribution in [0, 0.1) is 0 Å². The van der Waals surface area contributed by atoms with Crippen LogP contribution in [0.1, 0.15) is 12.8 Å². The maximum Gasteiger partial charge on any atom is 0.252 e. The molecule has 1 aliphatic heterocycles. The maximum atomic E-state index is 12.2. The Morgan fingerprint density at radius 2 is 2.31 bits per heavy atom. The first-order valence-electron chi connectivity index (χ1n) is 4.94. The number of thiophene rings is 1. The number of aliphatic hydroxyl groups excluding tert-OH is 1. The Kier molecular flexibility index (Phi) is 3.70. The van der Waals surface area contributed by atoms with E-state index in [4.69, 9.17) is 5.11 Å². The first-order valence-corrected chi connectivity index (χ1v) is 7.98. The number of nitrogens with zero attached hydrogens (tertiary/aromatic N) is 1. The van der Waals surface area contributed by atoms with Crippen LogP contribution in [0.15, 0.2) is 20.1 Å². The molecule has 1 atom stereocenters. The highest BCUT2D eigenvalue weighted by molar-refractivity contribution is 9.11. The molecule has 0 saturated carbocycles. The van der Waals surface area contributed by atoms with Crippen LogP contribution in [0.4, 0.5) is 0 Å². The molecule has 1 saturated heterocycles. The van der Waals surface area contributed by atoms with Gasteiger partial charge in [-0.3, -0.25) is 0 Å². The summed E-state index contributed by atoms with van der Waals surface area (Å²) in [5, 5.41) is 9.14. The van der Waals surface area contributed by atoms with E-state index in [1.807, 2.05) is 0 Å². The standard InChI is InChI=1S/C9H12BrNO3S2/c10-8-3-4-9(15-8)16(13,14)11-5-1-2-7(11)6-12/h3-4,7,12H,1-2,5-6H2/t7-/m0/s1. The quantitative estimate of drug-likeness (QED) is 0.919. The van der Waals surface area contributed by atoms with E-state index in [0.29, 0.717) is 10.8 Å². The van der Waals surface area contributed by atoms with Crippen molar-refractivity contribution in [2.24, 2.45) is 0 Å². The van der Waals surface area contributed by atoms with Crippen molar-refractivity contribution >= 4 is 37.3 Å². The summed E-state index contributed by atoms with van der Waals surface area (Å²) < 4.78 is 27.0. The molecule has 1 fully saturated rings. The normalized spacial score (nSPS) is 22.8. The molecule has 0 amide bonds. The van der Waals surface area contributed by atoms with Gasteiger partial charge in [-0.15, -0.1) is 11.3 Å². The van der Waals surface area contributed by atoms with Gasteiger partial charge in [0, 0.05) is 12.6 Å². The Balaban J connectivity index is 2.32. The molecule has 1 aliphatic rings. The molecule has 1 N–H and O–H groups in total. The minimum absolute atomic E-state index is 0.105. The molecule has 4 nitrogen and oxygen atoms in total. The summed E-state index contributed by atoms with van der Waals surface area (Å²) in [5.41, 5.74) is 0. The summed E-state index contributed by atoms with van der Waals surface area (Å²) in [4.78, 5) is 0. The van der Waals surface area contributed by atoms with Crippen molar-refractivity contribution in [3.8, 4) is 0 Å². The second kappa shape index (κ2) is 4.73. The second-order valence-corrected chi connectivity index (χ2v) is 8.23. The largest absolute Gasteiger partial charge is 0.395 e. The van der Waals surface area contributed by atoms with Crippen molar-refractivity contribution in [2.75, 3.05) is 13.2 Å². The molecule has 0 aliphatic carbocycles. The van der Waals surface area contributed by atoms with Crippen molar-refractivity contribution in [3.05, 3.63) is 15.9 Å². The van der Waals surface area contributed by atoms with Gasteiger partial charge >= 0.3 is 0 Å². The molecular formula is C9H12BrNO3S2. The molecule has 0 radical (unpaired) electrons. The van der Waals surface area contributed by atoms with E-state index in [1.54, 1.807) is 12.1 Å². The molecule has 0 unspecified atom stereocenters. The van der Waals surface area contributed by atoms with Crippen LogP contribution in [0.3, 0.4) is 0 Å². The molecule has 0 aromatic carbocycles. The zero-order valence-electron chi connectivity index (χ0n) is 8.47. The third kappa shape index (κ3) is 2.19. The van der Waals surface area contributed by atoms with E-state index in [9.17, 15) is 8.42 Å². The SMILES string of the molecule is O=S(=O)(c1ccc(Br)s1)N1CCC[C@H]1CO. The summed E-state index contributed by atoms with van der Waals surface area (Å²) in [7, 11) is -3.42. The molecule has 16 heavy (non-hydrogen) atoms. The monoisotopic (exact) mass is 325 g/mol. The highest BCUT2D eigenvalue weighted by Crippen LogP contribution is 2.32. The number of sulfonamides is 1. The third-order valence-corrected chi connectivity index (χ3v) is 6.69. The van der Waals surface area contributed by atoms with E-state index in [1.165, 1.54) is 15.6 Å². The Morgan fingerprint density at radius 3 is 2.88 bits per heavy atom. The Morgan fingerprint density at radius 1 is 1.56 bits per heavy atom. The first kappa shape index (κ1) is 12.5. The summed E-state index contributed by atoms with van der Waals surface area (Å²) in [5.74, 6) is 0. The fourth-order valence-corrected chi connectivity index (χ4v) is 5.68. The van der Waals surface area contributed by atoms with Crippen LogP contribution < -0.4 is 0 Å². The van der Waals surface area contributed by atoms with Gasteiger partial charge in [0.2, 0.25) is 0 Å². The van der Waals surface area contributed by atoms with Gasteiger partial charge in [-0.1, -0.05) is 0 Å². The van der Waals surface area contributed by atoms with E-state index < -0.39 is 10.0 Å². The highest BCUT2D eigenvalue weighted by atomic mass is 79.9. The topological polar surface area (TPSA) is 57.6 Å². The minimum Gasteiger partial charge on any atom is -0.395 e. The van der Waals surface area contributed by atoms with Gasteiger partial charge in [0.05, 0.1) is 10.4 Å².